The number of Topliss-reactive ketones (excluding diaryl/α,β-unsaturated/α-hetero) is 1. The summed E-state index contributed by atoms with van der Waals surface area (Å²) in [5.41, 5.74) is 3.85. The summed E-state index contributed by atoms with van der Waals surface area (Å²) < 4.78 is 2.91. The zero-order chi connectivity index (χ0) is 18.0. The first-order chi connectivity index (χ1) is 12.0. The molecule has 0 unspecified atom stereocenters. The number of hydrogen-bond donors (Lipinski definition) is 1. The zero-order valence-corrected chi connectivity index (χ0v) is 16.2. The van der Waals surface area contributed by atoms with E-state index in [0.717, 1.165) is 32.1 Å². The lowest BCUT2D eigenvalue weighted by Gasteiger charge is -2.11. The second-order valence-electron chi connectivity index (χ2n) is 5.70. The summed E-state index contributed by atoms with van der Waals surface area (Å²) in [6.07, 6.45) is 0. The molecule has 25 heavy (non-hydrogen) atoms. The minimum Gasteiger partial charge on any atom is -0.363 e. The van der Waals surface area contributed by atoms with Crippen molar-refractivity contribution in [2.24, 2.45) is 0 Å². The molecule has 0 radical (unpaired) electrons. The van der Waals surface area contributed by atoms with E-state index in [1.54, 1.807) is 0 Å². The molecule has 2 aromatic heterocycles. The summed E-state index contributed by atoms with van der Waals surface area (Å²) in [5.74, 6) is 0.112. The number of hydrogen-bond acceptors (Lipinski definition) is 6. The minimum absolute atomic E-state index is 0.112. The molecule has 130 valence electrons. The van der Waals surface area contributed by atoms with E-state index in [1.165, 1.54) is 23.1 Å². The Bertz CT molecular complexity index is 886. The lowest BCUT2D eigenvalue weighted by atomic mass is 10.1. The van der Waals surface area contributed by atoms with Gasteiger partial charge >= 0.3 is 0 Å². The Balaban J connectivity index is 1.85. The third-order valence-electron chi connectivity index (χ3n) is 3.98. The fourth-order valence-electron chi connectivity index (χ4n) is 2.77. The highest BCUT2D eigenvalue weighted by atomic mass is 32.2. The Kier molecular flexibility index (Phi) is 5.24. The van der Waals surface area contributed by atoms with Crippen molar-refractivity contribution in [3.63, 3.8) is 0 Å². The predicted molar refractivity (Wildman–Crippen MR) is 104 cm³/mol. The van der Waals surface area contributed by atoms with Crippen LogP contribution in [0.2, 0.25) is 0 Å². The smallest absolute Gasteiger partial charge is 0.206 e. The number of rotatable bonds is 6. The largest absolute Gasteiger partial charge is 0.363 e. The maximum atomic E-state index is 12.9. The van der Waals surface area contributed by atoms with Gasteiger partial charge in [-0.25, -0.2) is 0 Å². The maximum Gasteiger partial charge on any atom is 0.206 e. The molecular formula is C18H20N4OS2. The molecule has 7 heteroatoms. The maximum absolute atomic E-state index is 12.9. The Morgan fingerprint density at radius 1 is 1.24 bits per heavy atom. The van der Waals surface area contributed by atoms with Gasteiger partial charge in [0.2, 0.25) is 5.13 Å². The third-order valence-corrected chi connectivity index (χ3v) is 6.10. The number of carbonyl (C=O) groups excluding carboxylic acids is 1. The van der Waals surface area contributed by atoms with Crippen LogP contribution in [0.25, 0.3) is 5.69 Å². The molecule has 0 aliphatic heterocycles. The van der Waals surface area contributed by atoms with E-state index < -0.39 is 0 Å². The van der Waals surface area contributed by atoms with Gasteiger partial charge < -0.3 is 9.88 Å². The quantitative estimate of drug-likeness (QED) is 0.515. The topological polar surface area (TPSA) is 59.8 Å². The molecule has 0 bridgehead atoms. The van der Waals surface area contributed by atoms with Crippen molar-refractivity contribution in [2.75, 3.05) is 12.4 Å². The van der Waals surface area contributed by atoms with E-state index >= 15 is 0 Å². The molecule has 0 amide bonds. The van der Waals surface area contributed by atoms with Gasteiger partial charge in [0.05, 0.1) is 5.25 Å². The van der Waals surface area contributed by atoms with E-state index in [0.29, 0.717) is 0 Å². The SMILES string of the molecule is CNc1nnc(S[C@H](C)C(=O)c2cc(C)n(-c3ccccc3)c2C)s1. The van der Waals surface area contributed by atoms with Gasteiger partial charge in [-0.05, 0) is 39.0 Å². The Morgan fingerprint density at radius 3 is 2.60 bits per heavy atom. The van der Waals surface area contributed by atoms with Crippen molar-refractivity contribution in [1.82, 2.24) is 14.8 Å². The van der Waals surface area contributed by atoms with Crippen LogP contribution in [0, 0.1) is 13.8 Å². The van der Waals surface area contributed by atoms with E-state index in [-0.39, 0.29) is 11.0 Å². The normalized spacial score (nSPS) is 12.2. The van der Waals surface area contributed by atoms with Gasteiger partial charge in [-0.15, -0.1) is 10.2 Å². The van der Waals surface area contributed by atoms with Crippen LogP contribution in [-0.4, -0.2) is 32.8 Å². The molecule has 3 rings (SSSR count). The third kappa shape index (κ3) is 3.62. The van der Waals surface area contributed by atoms with Crippen LogP contribution in [0.15, 0.2) is 40.7 Å². The summed E-state index contributed by atoms with van der Waals surface area (Å²) in [7, 11) is 1.81. The Labute approximate surface area is 155 Å². The lowest BCUT2D eigenvalue weighted by molar-refractivity contribution is 0.0993. The summed E-state index contributed by atoms with van der Waals surface area (Å²) in [6.45, 7) is 5.94. The first kappa shape index (κ1) is 17.7. The summed E-state index contributed by atoms with van der Waals surface area (Å²) >= 11 is 2.90. The van der Waals surface area contributed by atoms with Crippen LogP contribution >= 0.6 is 23.1 Å². The van der Waals surface area contributed by atoms with Gasteiger partial charge in [0.15, 0.2) is 10.1 Å². The summed E-state index contributed by atoms with van der Waals surface area (Å²) in [4.78, 5) is 12.9. The molecule has 1 N–H and O–H groups in total. The van der Waals surface area contributed by atoms with Gasteiger partial charge in [0, 0.05) is 29.7 Å². The Morgan fingerprint density at radius 2 is 1.96 bits per heavy atom. The van der Waals surface area contributed by atoms with Crippen molar-refractivity contribution in [1.29, 1.82) is 0 Å². The molecule has 0 spiro atoms. The first-order valence-electron chi connectivity index (χ1n) is 7.97. The van der Waals surface area contributed by atoms with E-state index in [9.17, 15) is 4.79 Å². The van der Waals surface area contributed by atoms with Gasteiger partial charge in [-0.1, -0.05) is 41.3 Å². The average Bonchev–Trinajstić information content (AvgIpc) is 3.19. The predicted octanol–water partition coefficient (Wildman–Crippen LogP) is 4.35. The highest BCUT2D eigenvalue weighted by molar-refractivity contribution is 8.02. The second-order valence-corrected chi connectivity index (χ2v) is 8.27. The average molecular weight is 373 g/mol. The van der Waals surface area contributed by atoms with E-state index in [2.05, 4.69) is 20.1 Å². The summed E-state index contributed by atoms with van der Waals surface area (Å²) in [5, 5.41) is 11.6. The fourth-order valence-corrected chi connectivity index (χ4v) is 4.69. The van der Waals surface area contributed by atoms with Crippen molar-refractivity contribution < 1.29 is 4.79 Å². The van der Waals surface area contributed by atoms with Gasteiger partial charge in [-0.3, -0.25) is 4.79 Å². The van der Waals surface area contributed by atoms with Crippen molar-refractivity contribution in [2.45, 2.75) is 30.4 Å². The molecule has 0 saturated carbocycles. The van der Waals surface area contributed by atoms with Crippen LogP contribution in [0.1, 0.15) is 28.7 Å². The highest BCUT2D eigenvalue weighted by Gasteiger charge is 2.23. The fraction of sp³-hybridized carbons (Fsp3) is 0.278. The molecule has 2 heterocycles. The van der Waals surface area contributed by atoms with Crippen molar-refractivity contribution in [3.8, 4) is 5.69 Å². The molecule has 1 aromatic carbocycles. The second kappa shape index (κ2) is 7.41. The molecule has 5 nitrogen and oxygen atoms in total. The highest BCUT2D eigenvalue weighted by Crippen LogP contribution is 2.31. The monoisotopic (exact) mass is 372 g/mol. The summed E-state index contributed by atoms with van der Waals surface area (Å²) in [6, 6.07) is 12.1. The molecule has 0 fully saturated rings. The molecule has 1 atom stereocenters. The molecular weight excluding hydrogens is 352 g/mol. The van der Waals surface area contributed by atoms with Gasteiger partial charge in [-0.2, -0.15) is 0 Å². The number of nitrogens with one attached hydrogen (secondary N) is 1. The van der Waals surface area contributed by atoms with Crippen LogP contribution < -0.4 is 5.32 Å². The molecule has 0 aliphatic carbocycles. The van der Waals surface area contributed by atoms with E-state index in [4.69, 9.17) is 0 Å². The number of ketones is 1. The Hall–Kier alpha value is -2.12. The van der Waals surface area contributed by atoms with Crippen LogP contribution in [-0.2, 0) is 0 Å². The number of aryl methyl sites for hydroxylation is 1. The van der Waals surface area contributed by atoms with Gasteiger partial charge in [0.1, 0.15) is 0 Å². The number of thioether (sulfide) groups is 1. The van der Waals surface area contributed by atoms with Crippen LogP contribution in [0.4, 0.5) is 5.13 Å². The lowest BCUT2D eigenvalue weighted by Crippen LogP contribution is -2.14. The molecule has 0 saturated heterocycles. The van der Waals surface area contributed by atoms with Crippen LogP contribution in [0.3, 0.4) is 0 Å². The minimum atomic E-state index is -0.220. The number of aromatic nitrogens is 3. The number of para-hydroxylation sites is 1. The van der Waals surface area contributed by atoms with Gasteiger partial charge in [0.25, 0.3) is 0 Å². The standard InChI is InChI=1S/C18H20N4OS2/c1-11-10-15(12(2)22(11)14-8-6-5-7-9-14)16(23)13(3)24-18-21-20-17(19-4)25-18/h5-10,13H,1-4H3,(H,19,20)/t13-/m1/s1. The van der Waals surface area contributed by atoms with Crippen LogP contribution in [0.5, 0.6) is 0 Å². The number of benzene rings is 1. The zero-order valence-electron chi connectivity index (χ0n) is 14.6. The number of carbonyl (C=O) groups is 1. The van der Waals surface area contributed by atoms with Crippen molar-refractivity contribution >= 4 is 34.0 Å². The van der Waals surface area contributed by atoms with E-state index in [1.807, 2.05) is 64.2 Å². The number of anilines is 1. The molecule has 3 aromatic rings. The van der Waals surface area contributed by atoms with Crippen molar-refractivity contribution in [3.05, 3.63) is 53.3 Å². The first-order valence-corrected chi connectivity index (χ1v) is 9.67. The molecule has 0 aliphatic rings. The number of nitrogens with zero attached hydrogens (tertiary/aromatic N) is 3.